The number of ether oxygens (including phenoxy) is 3. The van der Waals surface area contributed by atoms with Crippen LogP contribution in [-0.4, -0.2) is 31.8 Å². The predicted octanol–water partition coefficient (Wildman–Crippen LogP) is 2.50. The number of hydrogen-bond donors (Lipinski definition) is 0. The molecular formula is C16H17NO4. The molecular weight excluding hydrogens is 270 g/mol. The maximum absolute atomic E-state index is 11.5. The van der Waals surface area contributed by atoms with E-state index in [2.05, 4.69) is 4.98 Å². The summed E-state index contributed by atoms with van der Waals surface area (Å²) in [5.74, 6) is 0.673. The molecule has 0 aliphatic rings. The van der Waals surface area contributed by atoms with Crippen LogP contribution in [0.4, 0.5) is 0 Å². The van der Waals surface area contributed by atoms with Crippen LogP contribution in [0.3, 0.4) is 0 Å². The van der Waals surface area contributed by atoms with Gasteiger partial charge in [0.1, 0.15) is 0 Å². The van der Waals surface area contributed by atoms with E-state index >= 15 is 0 Å². The van der Waals surface area contributed by atoms with Gasteiger partial charge >= 0.3 is 5.97 Å². The Morgan fingerprint density at radius 1 is 1.14 bits per heavy atom. The van der Waals surface area contributed by atoms with Gasteiger partial charge in [-0.25, -0.2) is 4.79 Å². The van der Waals surface area contributed by atoms with Gasteiger partial charge in [-0.2, -0.15) is 0 Å². The highest BCUT2D eigenvalue weighted by Crippen LogP contribution is 2.28. The first-order valence-electron chi connectivity index (χ1n) is 6.53. The Morgan fingerprint density at radius 2 is 2.00 bits per heavy atom. The second-order valence-electron chi connectivity index (χ2n) is 4.28. The van der Waals surface area contributed by atoms with Gasteiger partial charge in [-0.05, 0) is 30.3 Å². The summed E-state index contributed by atoms with van der Waals surface area (Å²) in [5.41, 5.74) is 1.37. The van der Waals surface area contributed by atoms with E-state index in [0.29, 0.717) is 30.1 Å². The Morgan fingerprint density at radius 3 is 2.67 bits per heavy atom. The van der Waals surface area contributed by atoms with Crippen LogP contribution in [0.25, 0.3) is 0 Å². The summed E-state index contributed by atoms with van der Waals surface area (Å²) in [6.45, 7) is 0.442. The smallest absolute Gasteiger partial charge is 0.337 e. The van der Waals surface area contributed by atoms with Crippen molar-refractivity contribution in [3.05, 3.63) is 53.9 Å². The normalized spacial score (nSPS) is 10.0. The second kappa shape index (κ2) is 7.28. The topological polar surface area (TPSA) is 57.7 Å². The zero-order valence-corrected chi connectivity index (χ0v) is 12.0. The molecule has 0 amide bonds. The molecule has 21 heavy (non-hydrogen) atoms. The molecule has 0 N–H and O–H groups in total. The fourth-order valence-electron chi connectivity index (χ4n) is 1.85. The van der Waals surface area contributed by atoms with Crippen LogP contribution in [0, 0.1) is 0 Å². The summed E-state index contributed by atoms with van der Waals surface area (Å²) < 4.78 is 15.6. The van der Waals surface area contributed by atoms with Crippen molar-refractivity contribution in [2.24, 2.45) is 0 Å². The minimum Gasteiger partial charge on any atom is -0.493 e. The molecule has 0 radical (unpaired) electrons. The molecule has 1 aromatic heterocycles. The molecule has 0 fully saturated rings. The Balaban J connectivity index is 2.05. The van der Waals surface area contributed by atoms with Crippen LogP contribution in [0.15, 0.2) is 42.6 Å². The van der Waals surface area contributed by atoms with Crippen molar-refractivity contribution < 1.29 is 19.0 Å². The number of methoxy groups -OCH3 is 2. The predicted molar refractivity (Wildman–Crippen MR) is 77.8 cm³/mol. The highest BCUT2D eigenvalue weighted by molar-refractivity contribution is 5.90. The highest BCUT2D eigenvalue weighted by Gasteiger charge is 2.11. The quantitative estimate of drug-likeness (QED) is 0.764. The van der Waals surface area contributed by atoms with Crippen LogP contribution in [0.1, 0.15) is 16.1 Å². The maximum atomic E-state index is 11.5. The molecule has 0 atom stereocenters. The summed E-state index contributed by atoms with van der Waals surface area (Å²) >= 11 is 0. The van der Waals surface area contributed by atoms with Gasteiger partial charge in [0.15, 0.2) is 11.5 Å². The van der Waals surface area contributed by atoms with E-state index in [9.17, 15) is 4.79 Å². The molecule has 0 spiro atoms. The number of pyridine rings is 1. The first kappa shape index (κ1) is 14.8. The molecule has 0 bridgehead atoms. The van der Waals surface area contributed by atoms with Crippen LogP contribution in [-0.2, 0) is 11.2 Å². The van der Waals surface area contributed by atoms with Crippen LogP contribution in [0.2, 0.25) is 0 Å². The largest absolute Gasteiger partial charge is 0.493 e. The van der Waals surface area contributed by atoms with E-state index in [1.807, 2.05) is 18.2 Å². The Labute approximate surface area is 123 Å². The van der Waals surface area contributed by atoms with Crippen molar-refractivity contribution in [2.45, 2.75) is 6.42 Å². The number of hydrogen-bond acceptors (Lipinski definition) is 5. The zero-order chi connectivity index (χ0) is 15.1. The van der Waals surface area contributed by atoms with Crippen molar-refractivity contribution in [1.29, 1.82) is 0 Å². The van der Waals surface area contributed by atoms with Crippen molar-refractivity contribution in [3.63, 3.8) is 0 Å². The average Bonchev–Trinajstić information content (AvgIpc) is 2.55. The first-order chi connectivity index (χ1) is 10.2. The van der Waals surface area contributed by atoms with Gasteiger partial charge in [0.25, 0.3) is 0 Å². The van der Waals surface area contributed by atoms with Gasteiger partial charge in [-0.1, -0.05) is 6.07 Å². The van der Waals surface area contributed by atoms with E-state index in [-0.39, 0.29) is 0 Å². The van der Waals surface area contributed by atoms with Gasteiger partial charge in [-0.3, -0.25) is 4.98 Å². The van der Waals surface area contributed by atoms with Crippen LogP contribution < -0.4 is 9.47 Å². The lowest BCUT2D eigenvalue weighted by atomic mass is 10.2. The molecule has 0 aliphatic heterocycles. The lowest BCUT2D eigenvalue weighted by Crippen LogP contribution is -2.06. The minimum atomic E-state index is -0.410. The number of carbonyl (C=O) groups is 1. The lowest BCUT2D eigenvalue weighted by Gasteiger charge is -2.11. The average molecular weight is 287 g/mol. The van der Waals surface area contributed by atoms with Crippen molar-refractivity contribution in [2.75, 3.05) is 20.8 Å². The Kier molecular flexibility index (Phi) is 5.15. The fourth-order valence-corrected chi connectivity index (χ4v) is 1.85. The Hall–Kier alpha value is -2.56. The maximum Gasteiger partial charge on any atom is 0.337 e. The number of esters is 1. The van der Waals surface area contributed by atoms with E-state index in [1.165, 1.54) is 7.11 Å². The van der Waals surface area contributed by atoms with Crippen LogP contribution in [0.5, 0.6) is 11.5 Å². The standard InChI is InChI=1S/C16H17NO4/c1-19-14-7-6-12(16(18)20-2)11-15(14)21-10-8-13-5-3-4-9-17-13/h3-7,9,11H,8,10H2,1-2H3. The molecule has 1 heterocycles. The molecule has 2 aromatic rings. The SMILES string of the molecule is COC(=O)c1ccc(OC)c(OCCc2ccccn2)c1. The zero-order valence-electron chi connectivity index (χ0n) is 12.0. The number of rotatable bonds is 6. The van der Waals surface area contributed by atoms with E-state index in [1.54, 1.807) is 31.5 Å². The molecule has 5 nitrogen and oxygen atoms in total. The molecule has 0 aliphatic carbocycles. The number of aromatic nitrogens is 1. The first-order valence-corrected chi connectivity index (χ1v) is 6.53. The van der Waals surface area contributed by atoms with Gasteiger partial charge in [0.2, 0.25) is 0 Å². The third kappa shape index (κ3) is 3.95. The summed E-state index contributed by atoms with van der Waals surface area (Å²) in [4.78, 5) is 15.8. The van der Waals surface area contributed by atoms with Gasteiger partial charge < -0.3 is 14.2 Å². The third-order valence-electron chi connectivity index (χ3n) is 2.93. The molecule has 0 saturated heterocycles. The van der Waals surface area contributed by atoms with Crippen molar-refractivity contribution in [1.82, 2.24) is 4.98 Å². The molecule has 0 saturated carbocycles. The van der Waals surface area contributed by atoms with E-state index < -0.39 is 5.97 Å². The second-order valence-corrected chi connectivity index (χ2v) is 4.28. The summed E-state index contributed by atoms with van der Waals surface area (Å²) in [6, 6.07) is 10.7. The molecule has 1 aromatic carbocycles. The molecule has 110 valence electrons. The fraction of sp³-hybridized carbons (Fsp3) is 0.250. The number of nitrogens with zero attached hydrogens (tertiary/aromatic N) is 1. The highest BCUT2D eigenvalue weighted by atomic mass is 16.5. The van der Waals surface area contributed by atoms with E-state index in [0.717, 1.165) is 5.69 Å². The van der Waals surface area contributed by atoms with Gasteiger partial charge in [-0.15, -0.1) is 0 Å². The van der Waals surface area contributed by atoms with E-state index in [4.69, 9.17) is 14.2 Å². The lowest BCUT2D eigenvalue weighted by molar-refractivity contribution is 0.0600. The van der Waals surface area contributed by atoms with Crippen LogP contribution >= 0.6 is 0 Å². The molecule has 0 unspecified atom stereocenters. The van der Waals surface area contributed by atoms with Gasteiger partial charge in [0, 0.05) is 18.3 Å². The van der Waals surface area contributed by atoms with Crippen molar-refractivity contribution >= 4 is 5.97 Å². The molecule has 5 heteroatoms. The third-order valence-corrected chi connectivity index (χ3v) is 2.93. The summed E-state index contributed by atoms with van der Waals surface area (Å²) in [6.07, 6.45) is 2.42. The van der Waals surface area contributed by atoms with Gasteiger partial charge in [0.05, 0.1) is 26.4 Å². The molecule has 2 rings (SSSR count). The summed E-state index contributed by atoms with van der Waals surface area (Å²) in [7, 11) is 2.90. The Bertz CT molecular complexity index is 598. The van der Waals surface area contributed by atoms with Crippen molar-refractivity contribution in [3.8, 4) is 11.5 Å². The number of carbonyl (C=O) groups excluding carboxylic acids is 1. The monoisotopic (exact) mass is 287 g/mol. The number of benzene rings is 1. The summed E-state index contributed by atoms with van der Waals surface area (Å²) in [5, 5.41) is 0. The minimum absolute atomic E-state index is 0.410.